The molecule has 0 amide bonds. The van der Waals surface area contributed by atoms with Crippen molar-refractivity contribution in [3.63, 3.8) is 0 Å². The van der Waals surface area contributed by atoms with Crippen molar-refractivity contribution in [2.24, 2.45) is 0 Å². The number of nitrogens with one attached hydrogen (secondary N) is 1. The number of aryl methyl sites for hydroxylation is 1. The average molecular weight is 283 g/mol. The molecule has 2 unspecified atom stereocenters. The van der Waals surface area contributed by atoms with Gasteiger partial charge in [-0.3, -0.25) is 0 Å². The molecule has 19 heavy (non-hydrogen) atoms. The molecular formula is C16H26FNS. The molecule has 0 saturated heterocycles. The van der Waals surface area contributed by atoms with E-state index >= 15 is 0 Å². The highest BCUT2D eigenvalue weighted by Gasteiger charge is 2.15. The highest BCUT2D eigenvalue weighted by molar-refractivity contribution is 7.99. The predicted octanol–water partition coefficient (Wildman–Crippen LogP) is 4.71. The highest BCUT2D eigenvalue weighted by Crippen LogP contribution is 2.25. The van der Waals surface area contributed by atoms with Crippen molar-refractivity contribution >= 4 is 11.8 Å². The van der Waals surface area contributed by atoms with Gasteiger partial charge >= 0.3 is 0 Å². The average Bonchev–Trinajstić information content (AvgIpc) is 2.41. The summed E-state index contributed by atoms with van der Waals surface area (Å²) in [6.45, 7) is 9.65. The van der Waals surface area contributed by atoms with Crippen molar-refractivity contribution in [1.29, 1.82) is 0 Å². The van der Waals surface area contributed by atoms with Crippen molar-refractivity contribution < 1.29 is 4.39 Å². The summed E-state index contributed by atoms with van der Waals surface area (Å²) in [6.07, 6.45) is 2.27. The van der Waals surface area contributed by atoms with Crippen LogP contribution in [-0.2, 0) is 0 Å². The first kappa shape index (κ1) is 16.5. The molecule has 1 aromatic carbocycles. The van der Waals surface area contributed by atoms with E-state index in [9.17, 15) is 4.39 Å². The standard InChI is InChI=1S/C16H26FNS/c1-5-9-18-16(11-19-13(4)6-2)15-10-14(17)8-7-12(15)3/h7-8,10,13,16,18H,5-6,9,11H2,1-4H3. The van der Waals surface area contributed by atoms with Crippen LogP contribution in [0.2, 0.25) is 0 Å². The lowest BCUT2D eigenvalue weighted by atomic mass is 10.0. The predicted molar refractivity (Wildman–Crippen MR) is 84.4 cm³/mol. The van der Waals surface area contributed by atoms with Gasteiger partial charge in [0.25, 0.3) is 0 Å². The monoisotopic (exact) mass is 283 g/mol. The molecule has 0 spiro atoms. The van der Waals surface area contributed by atoms with E-state index in [-0.39, 0.29) is 11.9 Å². The van der Waals surface area contributed by atoms with Gasteiger partial charge in [-0.25, -0.2) is 4.39 Å². The number of thioether (sulfide) groups is 1. The summed E-state index contributed by atoms with van der Waals surface area (Å²) >= 11 is 1.96. The number of benzene rings is 1. The fourth-order valence-electron chi connectivity index (χ4n) is 1.94. The second-order valence-corrected chi connectivity index (χ2v) is 6.53. The zero-order valence-corrected chi connectivity index (χ0v) is 13.3. The van der Waals surface area contributed by atoms with E-state index in [1.54, 1.807) is 6.07 Å². The Bertz CT molecular complexity index is 381. The Labute approximate surface area is 121 Å². The topological polar surface area (TPSA) is 12.0 Å². The number of rotatable bonds is 8. The largest absolute Gasteiger partial charge is 0.309 e. The van der Waals surface area contributed by atoms with Crippen LogP contribution in [-0.4, -0.2) is 17.5 Å². The maximum absolute atomic E-state index is 13.5. The Balaban J connectivity index is 2.79. The van der Waals surface area contributed by atoms with E-state index in [1.807, 2.05) is 17.8 Å². The second-order valence-electron chi connectivity index (χ2n) is 5.06. The Morgan fingerprint density at radius 3 is 2.68 bits per heavy atom. The van der Waals surface area contributed by atoms with Crippen LogP contribution in [0.3, 0.4) is 0 Å². The lowest BCUT2D eigenvalue weighted by Gasteiger charge is -2.22. The molecule has 0 aliphatic rings. The first-order chi connectivity index (χ1) is 9.08. The van der Waals surface area contributed by atoms with Gasteiger partial charge in [0.2, 0.25) is 0 Å². The molecule has 1 aromatic rings. The van der Waals surface area contributed by atoms with Crippen LogP contribution >= 0.6 is 11.8 Å². The van der Waals surface area contributed by atoms with Crippen LogP contribution in [0.25, 0.3) is 0 Å². The summed E-state index contributed by atoms with van der Waals surface area (Å²) in [4.78, 5) is 0. The third kappa shape index (κ3) is 5.53. The molecule has 1 nitrogen and oxygen atoms in total. The van der Waals surface area contributed by atoms with Crippen LogP contribution < -0.4 is 5.32 Å². The van der Waals surface area contributed by atoms with Crippen LogP contribution in [0.4, 0.5) is 4.39 Å². The van der Waals surface area contributed by atoms with Gasteiger partial charge in [-0.2, -0.15) is 11.8 Å². The van der Waals surface area contributed by atoms with E-state index in [0.717, 1.165) is 24.3 Å². The molecule has 0 aliphatic heterocycles. The van der Waals surface area contributed by atoms with Crippen molar-refractivity contribution in [1.82, 2.24) is 5.32 Å². The van der Waals surface area contributed by atoms with Gasteiger partial charge in [-0.05, 0) is 49.6 Å². The Morgan fingerprint density at radius 2 is 2.05 bits per heavy atom. The van der Waals surface area contributed by atoms with Gasteiger partial charge in [0.05, 0.1) is 0 Å². The number of hydrogen-bond acceptors (Lipinski definition) is 2. The lowest BCUT2D eigenvalue weighted by Crippen LogP contribution is -2.25. The number of halogens is 1. The first-order valence-electron chi connectivity index (χ1n) is 7.19. The lowest BCUT2D eigenvalue weighted by molar-refractivity contribution is 0.565. The zero-order chi connectivity index (χ0) is 14.3. The minimum Gasteiger partial charge on any atom is -0.309 e. The molecule has 0 bridgehead atoms. The summed E-state index contributed by atoms with van der Waals surface area (Å²) in [7, 11) is 0. The molecule has 2 atom stereocenters. The Morgan fingerprint density at radius 1 is 1.32 bits per heavy atom. The molecule has 0 aliphatic carbocycles. The molecule has 1 N–H and O–H groups in total. The summed E-state index contributed by atoms with van der Waals surface area (Å²) in [6, 6.07) is 5.34. The fraction of sp³-hybridized carbons (Fsp3) is 0.625. The molecule has 1 rings (SSSR count). The minimum absolute atomic E-state index is 0.141. The molecule has 0 radical (unpaired) electrons. The molecule has 0 aromatic heterocycles. The fourth-order valence-corrected chi connectivity index (χ4v) is 3.00. The third-order valence-corrected chi connectivity index (χ3v) is 4.81. The molecule has 0 heterocycles. The summed E-state index contributed by atoms with van der Waals surface area (Å²) in [5.41, 5.74) is 2.27. The van der Waals surface area contributed by atoms with Crippen LogP contribution in [0.1, 0.15) is 50.8 Å². The first-order valence-corrected chi connectivity index (χ1v) is 8.24. The summed E-state index contributed by atoms with van der Waals surface area (Å²) in [5, 5.41) is 4.20. The van der Waals surface area contributed by atoms with Crippen molar-refractivity contribution in [2.45, 2.75) is 51.8 Å². The number of hydrogen-bond donors (Lipinski definition) is 1. The maximum Gasteiger partial charge on any atom is 0.123 e. The van der Waals surface area contributed by atoms with E-state index in [0.29, 0.717) is 5.25 Å². The summed E-state index contributed by atoms with van der Waals surface area (Å²) < 4.78 is 13.5. The molecule has 0 saturated carbocycles. The quantitative estimate of drug-likeness (QED) is 0.741. The minimum atomic E-state index is -0.141. The van der Waals surface area contributed by atoms with E-state index in [4.69, 9.17) is 0 Å². The van der Waals surface area contributed by atoms with Gasteiger partial charge in [-0.15, -0.1) is 0 Å². The molecular weight excluding hydrogens is 257 g/mol. The van der Waals surface area contributed by atoms with Crippen LogP contribution in [0, 0.1) is 12.7 Å². The van der Waals surface area contributed by atoms with Gasteiger partial charge in [0.15, 0.2) is 0 Å². The SMILES string of the molecule is CCCNC(CSC(C)CC)c1cc(F)ccc1C. The van der Waals surface area contributed by atoms with E-state index < -0.39 is 0 Å². The third-order valence-electron chi connectivity index (χ3n) is 3.38. The van der Waals surface area contributed by atoms with Gasteiger partial charge in [-0.1, -0.05) is 26.8 Å². The highest BCUT2D eigenvalue weighted by atomic mass is 32.2. The van der Waals surface area contributed by atoms with Gasteiger partial charge in [0, 0.05) is 17.0 Å². The smallest absolute Gasteiger partial charge is 0.123 e. The Hall–Kier alpha value is -0.540. The van der Waals surface area contributed by atoms with Crippen molar-refractivity contribution in [2.75, 3.05) is 12.3 Å². The summed E-state index contributed by atoms with van der Waals surface area (Å²) in [5.74, 6) is 0.858. The second kappa shape index (κ2) is 8.60. The van der Waals surface area contributed by atoms with Crippen molar-refractivity contribution in [3.05, 3.63) is 35.1 Å². The Kier molecular flexibility index (Phi) is 7.47. The van der Waals surface area contributed by atoms with Crippen LogP contribution in [0.15, 0.2) is 18.2 Å². The molecule has 3 heteroatoms. The van der Waals surface area contributed by atoms with Gasteiger partial charge in [0.1, 0.15) is 5.82 Å². The van der Waals surface area contributed by atoms with E-state index in [1.165, 1.54) is 18.1 Å². The maximum atomic E-state index is 13.5. The van der Waals surface area contributed by atoms with Gasteiger partial charge < -0.3 is 5.32 Å². The van der Waals surface area contributed by atoms with Crippen molar-refractivity contribution in [3.8, 4) is 0 Å². The van der Waals surface area contributed by atoms with Crippen LogP contribution in [0.5, 0.6) is 0 Å². The zero-order valence-electron chi connectivity index (χ0n) is 12.5. The normalized spacial score (nSPS) is 14.4. The van der Waals surface area contributed by atoms with E-state index in [2.05, 4.69) is 33.0 Å². The molecule has 0 fully saturated rings. The molecule has 108 valence electrons.